The van der Waals surface area contributed by atoms with Gasteiger partial charge in [0.1, 0.15) is 12.7 Å². The van der Waals surface area contributed by atoms with Gasteiger partial charge in [-0.25, -0.2) is 4.98 Å². The van der Waals surface area contributed by atoms with Crippen LogP contribution in [0.2, 0.25) is 0 Å². The molecule has 1 aromatic heterocycles. The van der Waals surface area contributed by atoms with E-state index >= 15 is 0 Å². The maximum Gasteiger partial charge on any atom is 0.220 e. The van der Waals surface area contributed by atoms with Crippen LogP contribution in [0.25, 0.3) is 0 Å². The largest absolute Gasteiger partial charge is 0.356 e. The maximum absolute atomic E-state index is 11.8. The van der Waals surface area contributed by atoms with Crippen LogP contribution >= 0.6 is 0 Å². The van der Waals surface area contributed by atoms with Gasteiger partial charge in [-0.1, -0.05) is 0 Å². The molecule has 1 fully saturated rings. The lowest BCUT2D eigenvalue weighted by molar-refractivity contribution is -0.121. The third-order valence-electron chi connectivity index (χ3n) is 4.39. The van der Waals surface area contributed by atoms with Crippen LogP contribution in [0.3, 0.4) is 0 Å². The number of nitrogens with one attached hydrogen (secondary N) is 1. The van der Waals surface area contributed by atoms with Gasteiger partial charge in [-0.2, -0.15) is 5.10 Å². The van der Waals surface area contributed by atoms with Gasteiger partial charge in [-0.3, -0.25) is 9.48 Å². The summed E-state index contributed by atoms with van der Waals surface area (Å²) in [5.74, 6) is 0.810. The minimum absolute atomic E-state index is 0.157. The number of aromatic nitrogens is 3. The van der Waals surface area contributed by atoms with E-state index in [0.29, 0.717) is 12.3 Å². The molecule has 1 N–H and O–H groups in total. The Balaban J connectivity index is 1.55. The standard InChI is InChI=1S/C15H27N5O/c1-19(2)14-7-5-13(6-8-14)10-17-15(21)4-3-9-20-12-16-11-18-20/h11-14H,3-10H2,1-2H3,(H,17,21). The molecule has 0 aliphatic heterocycles. The number of nitrogens with zero attached hydrogens (tertiary/aromatic N) is 4. The molecule has 21 heavy (non-hydrogen) atoms. The van der Waals surface area contributed by atoms with E-state index in [1.54, 1.807) is 11.0 Å². The molecule has 2 rings (SSSR count). The van der Waals surface area contributed by atoms with Crippen molar-refractivity contribution in [3.8, 4) is 0 Å². The average Bonchev–Trinajstić information content (AvgIpc) is 2.99. The Kier molecular flexibility index (Phi) is 6.17. The zero-order valence-electron chi connectivity index (χ0n) is 13.2. The molecule has 1 saturated carbocycles. The molecule has 0 saturated heterocycles. The quantitative estimate of drug-likeness (QED) is 0.823. The molecule has 1 amide bonds. The van der Waals surface area contributed by atoms with E-state index in [-0.39, 0.29) is 5.91 Å². The highest BCUT2D eigenvalue weighted by Gasteiger charge is 2.22. The molecule has 0 unspecified atom stereocenters. The number of rotatable bonds is 7. The summed E-state index contributed by atoms with van der Waals surface area (Å²) in [7, 11) is 4.31. The Labute approximate surface area is 126 Å². The molecular weight excluding hydrogens is 266 g/mol. The summed E-state index contributed by atoms with van der Waals surface area (Å²) >= 11 is 0. The van der Waals surface area contributed by atoms with Crippen LogP contribution in [-0.4, -0.2) is 52.3 Å². The van der Waals surface area contributed by atoms with Gasteiger partial charge in [0.2, 0.25) is 5.91 Å². The van der Waals surface area contributed by atoms with Gasteiger partial charge in [0.25, 0.3) is 0 Å². The number of amides is 1. The summed E-state index contributed by atoms with van der Waals surface area (Å²) in [5, 5.41) is 7.10. The fourth-order valence-electron chi connectivity index (χ4n) is 2.96. The van der Waals surface area contributed by atoms with Gasteiger partial charge in [0.05, 0.1) is 0 Å². The lowest BCUT2D eigenvalue weighted by atomic mass is 9.85. The highest BCUT2D eigenvalue weighted by molar-refractivity contribution is 5.75. The highest BCUT2D eigenvalue weighted by Crippen LogP contribution is 2.25. The van der Waals surface area contributed by atoms with E-state index in [9.17, 15) is 4.79 Å². The van der Waals surface area contributed by atoms with Crippen molar-refractivity contribution in [2.75, 3.05) is 20.6 Å². The first-order valence-corrected chi connectivity index (χ1v) is 7.90. The number of hydrogen-bond acceptors (Lipinski definition) is 4. The molecule has 118 valence electrons. The zero-order valence-corrected chi connectivity index (χ0v) is 13.2. The summed E-state index contributed by atoms with van der Waals surface area (Å²) in [4.78, 5) is 18.0. The summed E-state index contributed by atoms with van der Waals surface area (Å²) in [6.45, 7) is 1.59. The van der Waals surface area contributed by atoms with Crippen LogP contribution in [0.5, 0.6) is 0 Å². The van der Waals surface area contributed by atoms with Gasteiger partial charge in [-0.15, -0.1) is 0 Å². The van der Waals surface area contributed by atoms with Crippen LogP contribution in [0.15, 0.2) is 12.7 Å². The van der Waals surface area contributed by atoms with Gasteiger partial charge in [-0.05, 0) is 52.1 Å². The molecule has 6 heteroatoms. The Bertz CT molecular complexity index is 410. The second kappa shape index (κ2) is 8.12. The first-order chi connectivity index (χ1) is 10.1. The summed E-state index contributed by atoms with van der Waals surface area (Å²) in [6.07, 6.45) is 9.52. The van der Waals surface area contributed by atoms with E-state index in [1.165, 1.54) is 32.0 Å². The van der Waals surface area contributed by atoms with Crippen molar-refractivity contribution < 1.29 is 4.79 Å². The molecule has 1 aliphatic carbocycles. The number of hydrogen-bond donors (Lipinski definition) is 1. The van der Waals surface area contributed by atoms with Crippen molar-refractivity contribution in [3.63, 3.8) is 0 Å². The first-order valence-electron chi connectivity index (χ1n) is 7.90. The van der Waals surface area contributed by atoms with Crippen LogP contribution in [0, 0.1) is 5.92 Å². The molecule has 0 atom stereocenters. The predicted molar refractivity (Wildman–Crippen MR) is 81.7 cm³/mol. The predicted octanol–water partition coefficient (Wildman–Crippen LogP) is 1.29. The topological polar surface area (TPSA) is 63.1 Å². The van der Waals surface area contributed by atoms with Gasteiger partial charge >= 0.3 is 0 Å². The molecule has 6 nitrogen and oxygen atoms in total. The van der Waals surface area contributed by atoms with E-state index in [1.807, 2.05) is 0 Å². The molecule has 1 aliphatic rings. The Morgan fingerprint density at radius 1 is 1.33 bits per heavy atom. The monoisotopic (exact) mass is 293 g/mol. The molecule has 1 aromatic rings. The van der Waals surface area contributed by atoms with Crippen LogP contribution in [0.4, 0.5) is 0 Å². The van der Waals surface area contributed by atoms with Crippen molar-refractivity contribution in [1.29, 1.82) is 0 Å². The van der Waals surface area contributed by atoms with Gasteiger partial charge in [0.15, 0.2) is 0 Å². The van der Waals surface area contributed by atoms with Crippen molar-refractivity contribution in [1.82, 2.24) is 25.0 Å². The SMILES string of the molecule is CN(C)C1CCC(CNC(=O)CCCn2cncn2)CC1. The van der Waals surface area contributed by atoms with Crippen LogP contribution < -0.4 is 5.32 Å². The molecule has 0 aromatic carbocycles. The second-order valence-corrected chi connectivity index (χ2v) is 6.20. The van der Waals surface area contributed by atoms with E-state index < -0.39 is 0 Å². The lowest BCUT2D eigenvalue weighted by Crippen LogP contribution is -2.36. The van der Waals surface area contributed by atoms with E-state index in [0.717, 1.165) is 25.6 Å². The molecule has 0 spiro atoms. The second-order valence-electron chi connectivity index (χ2n) is 6.20. The van der Waals surface area contributed by atoms with Crippen LogP contribution in [-0.2, 0) is 11.3 Å². The van der Waals surface area contributed by atoms with Gasteiger partial charge in [0, 0.05) is 25.6 Å². The van der Waals surface area contributed by atoms with Crippen LogP contribution in [0.1, 0.15) is 38.5 Å². The van der Waals surface area contributed by atoms with Crippen molar-refractivity contribution in [3.05, 3.63) is 12.7 Å². The molecular formula is C15H27N5O. The zero-order chi connectivity index (χ0) is 15.1. The normalized spacial score (nSPS) is 22.4. The smallest absolute Gasteiger partial charge is 0.220 e. The first kappa shape index (κ1) is 15.9. The highest BCUT2D eigenvalue weighted by atomic mass is 16.1. The fourth-order valence-corrected chi connectivity index (χ4v) is 2.96. The number of aryl methyl sites for hydroxylation is 1. The molecule has 0 bridgehead atoms. The third kappa shape index (κ3) is 5.46. The minimum Gasteiger partial charge on any atom is -0.356 e. The average molecular weight is 293 g/mol. The van der Waals surface area contributed by atoms with Crippen molar-refractivity contribution in [2.45, 2.75) is 51.1 Å². The minimum atomic E-state index is 0.157. The number of carbonyl (C=O) groups is 1. The van der Waals surface area contributed by atoms with Gasteiger partial charge < -0.3 is 10.2 Å². The third-order valence-corrected chi connectivity index (χ3v) is 4.39. The molecule has 0 radical (unpaired) electrons. The lowest BCUT2D eigenvalue weighted by Gasteiger charge is -2.32. The number of carbonyl (C=O) groups excluding carboxylic acids is 1. The fraction of sp³-hybridized carbons (Fsp3) is 0.800. The Hall–Kier alpha value is -1.43. The summed E-state index contributed by atoms with van der Waals surface area (Å²) < 4.78 is 1.76. The summed E-state index contributed by atoms with van der Waals surface area (Å²) in [6, 6.07) is 0.722. The Morgan fingerprint density at radius 3 is 2.71 bits per heavy atom. The maximum atomic E-state index is 11.8. The Morgan fingerprint density at radius 2 is 2.10 bits per heavy atom. The van der Waals surface area contributed by atoms with E-state index in [4.69, 9.17) is 0 Å². The molecule has 1 heterocycles. The van der Waals surface area contributed by atoms with Crippen molar-refractivity contribution >= 4 is 5.91 Å². The van der Waals surface area contributed by atoms with E-state index in [2.05, 4.69) is 34.4 Å². The van der Waals surface area contributed by atoms with Crippen molar-refractivity contribution in [2.24, 2.45) is 5.92 Å². The summed E-state index contributed by atoms with van der Waals surface area (Å²) in [5.41, 5.74) is 0.